The Balaban J connectivity index is 0.622. The van der Waals surface area contributed by atoms with Crippen LogP contribution in [0.2, 0.25) is 0 Å². The van der Waals surface area contributed by atoms with Gasteiger partial charge in [0.2, 0.25) is 0 Å². The zero-order valence-electron chi connectivity index (χ0n) is 73.1. The summed E-state index contributed by atoms with van der Waals surface area (Å²) in [6.45, 7) is 0. The predicted molar refractivity (Wildman–Crippen MR) is 795 cm³/mol. The van der Waals surface area contributed by atoms with Crippen molar-refractivity contribution < 1.29 is 0 Å². The van der Waals surface area contributed by atoms with Crippen molar-refractivity contribution >= 4 is 753 Å². The largest absolute Gasteiger partial charge is 0.121 e. The van der Waals surface area contributed by atoms with Gasteiger partial charge >= 0.3 is 0 Å². The molecule has 0 aromatic carbocycles. The number of hydrogen-bond acceptors (Lipinski definition) is 64. The van der Waals surface area contributed by atoms with Crippen LogP contribution in [0.1, 0.15) is 0 Å². The van der Waals surface area contributed by atoms with E-state index in [9.17, 15) is 0 Å². The first-order valence-corrected chi connectivity index (χ1v) is 99.0. The fourth-order valence-corrected chi connectivity index (χ4v) is 102. The molecule has 0 aromatic heterocycles. The Bertz CT molecular complexity index is 5070. The number of hydrogen-bond donors (Lipinski definition) is 0. The van der Waals surface area contributed by atoms with E-state index in [4.69, 9.17) is 0 Å². The molecule has 0 saturated carbocycles. The highest BCUT2D eigenvalue weighted by atomic mass is 32.3. The fourth-order valence-electron chi connectivity index (χ4n) is 10.1. The molecule has 0 saturated heterocycles. The molecule has 16 heterocycles. The van der Waals surface area contributed by atoms with Crippen LogP contribution >= 0.6 is 753 Å². The molecule has 64 heteroatoms. The van der Waals surface area contributed by atoms with Crippen LogP contribution in [0.25, 0.3) is 0 Å². The van der Waals surface area contributed by atoms with Gasteiger partial charge < -0.3 is 0 Å². The lowest BCUT2D eigenvalue weighted by atomic mass is 11.2. The van der Waals surface area contributed by atoms with Crippen LogP contribution in [-0.2, 0) is 0 Å². The molecule has 0 spiro atoms. The summed E-state index contributed by atoms with van der Waals surface area (Å²) in [5.41, 5.74) is 0. The van der Waals surface area contributed by atoms with Crippen molar-refractivity contribution in [3.8, 4) is 0 Å². The molecule has 16 aliphatic heterocycles. The van der Waals surface area contributed by atoms with Gasteiger partial charge in [0.05, 0.1) is 203 Å². The molecule has 137 heavy (non-hydrogen) atoms. The molecule has 0 unspecified atom stereocenters. The summed E-state index contributed by atoms with van der Waals surface area (Å²) in [5.74, 6) is 0. The van der Waals surface area contributed by atoms with E-state index >= 15 is 0 Å². The van der Waals surface area contributed by atoms with Gasteiger partial charge in [0.15, 0.2) is 0 Å². The van der Waals surface area contributed by atoms with Crippen LogP contribution in [0.15, 0.2) is 203 Å². The quantitative estimate of drug-likeness (QED) is 0.0531. The van der Waals surface area contributed by atoms with Gasteiger partial charge in [-0.3, -0.25) is 0 Å². The average molecular weight is 3000 g/mol. The molecular weight excluding hydrogens is 2930 g/mol. The van der Waals surface area contributed by atoms with Crippen LogP contribution in [0, 0.1) is 0 Å². The third kappa shape index (κ3) is 33.9. The van der Waals surface area contributed by atoms with Gasteiger partial charge in [-0.15, -0.1) is 376 Å². The maximum atomic E-state index is 2.26. The smallest absolute Gasteiger partial charge is 0.0717 e. The molecule has 0 bridgehead atoms. The lowest BCUT2D eigenvalue weighted by Gasteiger charge is -2.08. The fraction of sp³-hybridized carbons (Fsp3) is 0.342. The molecule has 0 N–H and O–H groups in total. The molecule has 16 aliphatic rings. The summed E-state index contributed by atoms with van der Waals surface area (Å²) in [6, 6.07) is 0. The lowest BCUT2D eigenvalue weighted by molar-refractivity contribution is 2.15. The van der Waals surface area contributed by atoms with E-state index in [1.165, 1.54) is 203 Å². The maximum Gasteiger partial charge on any atom is 0.0717 e. The van der Waals surface area contributed by atoms with E-state index in [2.05, 4.69) is 254 Å². The molecule has 0 fully saturated rings. The number of rotatable bonds is 46. The van der Waals surface area contributed by atoms with Crippen LogP contribution in [0.5, 0.6) is 0 Å². The van der Waals surface area contributed by atoms with Crippen molar-refractivity contribution in [1.29, 1.82) is 0 Å². The minimum Gasteiger partial charge on any atom is -0.121 e. The second-order valence-electron chi connectivity index (χ2n) is 23.6. The van der Waals surface area contributed by atoms with Gasteiger partial charge in [-0.05, 0) is 113 Å². The summed E-state index contributed by atoms with van der Waals surface area (Å²) in [7, 11) is 0. The first-order chi connectivity index (χ1) is 66.9. The minimum absolute atomic E-state index is 0.946. The Kier molecular flexibility index (Phi) is 59.6. The van der Waals surface area contributed by atoms with Crippen molar-refractivity contribution in [2.24, 2.45) is 0 Å². The Morgan fingerprint density at radius 3 is 0.204 bits per heavy atom. The third-order valence-electron chi connectivity index (χ3n) is 15.9. The zero-order valence-corrected chi connectivity index (χ0v) is 125. The van der Waals surface area contributed by atoms with E-state index in [0.29, 0.717) is 0 Å². The first kappa shape index (κ1) is 125. The van der Waals surface area contributed by atoms with Crippen LogP contribution in [0.4, 0.5) is 0 Å². The van der Waals surface area contributed by atoms with E-state index in [1.807, 2.05) is 612 Å². The summed E-state index contributed by atoms with van der Waals surface area (Å²) in [5, 5.41) is 6.74. The third-order valence-corrected chi connectivity index (χ3v) is 107. The molecule has 0 radical (unpaired) electrons. The molecular formula is C73H68S64. The Labute approximate surface area is 1080 Å². The van der Waals surface area contributed by atoms with E-state index in [-0.39, 0.29) is 0 Å². The van der Waals surface area contributed by atoms with E-state index in [0.717, 1.165) is 35.6 Å². The topological polar surface area (TPSA) is 0 Å². The maximum absolute atomic E-state index is 2.26. The average Bonchev–Trinajstić information content (AvgIpc) is 1.68. The second kappa shape index (κ2) is 65.1. The molecule has 0 aromatic rings. The molecule has 744 valence electrons. The lowest BCUT2D eigenvalue weighted by Crippen LogP contribution is -1.79. The zero-order chi connectivity index (χ0) is 95.9. The molecule has 0 atom stereocenters. The summed E-state index contributed by atoms with van der Waals surface area (Å²) < 4.78 is 69.4. The van der Waals surface area contributed by atoms with Gasteiger partial charge in [0.25, 0.3) is 0 Å². The van der Waals surface area contributed by atoms with Gasteiger partial charge in [-0.1, -0.05) is 376 Å². The SMILES string of the molecule is CSC1=C(SC)SC(=C2SC(SC)=C(SCSC3=C(SCSC4=C(SCSC5=C(SCSC6=C(SCSC7=C(SCSC8=C(SCSC9=C(SC)SC(=C%10SC(SC)=C(SC)S%10)S9)SC(=C9SC(SC)=C(SC)S9)S8)SC(=C8SC(SC)=C(SC)S8)S7)SC(=C7SC(SC)=C(SC)S7)S6)SC(=C6SC(SC)=C(SC)S6)S5)SC(=C5SC(SC)=C(SC)S5)S4)SC(=C4SC(SC)=C(SC)S4)S3)S2)S1. The van der Waals surface area contributed by atoms with Gasteiger partial charge in [0, 0.05) is 35.6 Å². The van der Waals surface area contributed by atoms with Crippen LogP contribution in [0.3, 0.4) is 0 Å². The standard InChI is InChI=1S/C73H68S64/c1-74-26-27(75-2)107-58(106-26)66-122-42(90-17)44(124-66)92-19-94-46-48(128-68(126-46)60-110-30(78-5)31(79-6)111-60)96-21-98-50-52(132-70(130-50)62-114-34(82-9)35(83-10)115-62)100-23-102-54-56(136-72(134-54)64-118-38(86-13)39(87-14)119-64)104-25-105-57-55(135-73(137-57)65-120-40(88-15)41(89-16)121-65)103-24-101-53-51(131-71(133-53)63-116-36(84-11)37(85-12)117-63)99-22-97-49-47(127-69(129-49)61-112-32(80-7)33(81-8)113-61)95-20-93-45-43(91-18)123-67(125-45)59-108-28(76-3)29(77-4)109-59/h19-25H2,1-18H3. The van der Waals surface area contributed by atoms with Crippen molar-refractivity contribution in [3.05, 3.63) is 203 Å². The van der Waals surface area contributed by atoms with Gasteiger partial charge in [-0.25, -0.2) is 0 Å². The summed E-state index contributed by atoms with van der Waals surface area (Å²) in [4.78, 5) is 0. The highest BCUT2D eigenvalue weighted by molar-refractivity contribution is 8.56. The van der Waals surface area contributed by atoms with Crippen LogP contribution < -0.4 is 0 Å². The van der Waals surface area contributed by atoms with Gasteiger partial charge in [-0.2, -0.15) is 0 Å². The molecule has 16 rings (SSSR count). The highest BCUT2D eigenvalue weighted by Crippen LogP contribution is 2.78. The minimum atomic E-state index is 0.946. The van der Waals surface area contributed by atoms with Crippen LogP contribution in [-0.4, -0.2) is 148 Å². The summed E-state index contributed by atoms with van der Waals surface area (Å²) in [6.07, 6.45) is 40.3. The van der Waals surface area contributed by atoms with Crippen molar-refractivity contribution in [2.75, 3.05) is 148 Å². The summed E-state index contributed by atoms with van der Waals surface area (Å²) >= 11 is 127. The number of thioether (sulfide) groups is 64. The predicted octanol–water partition coefficient (Wildman–Crippen LogP) is 52.2. The second-order valence-corrected chi connectivity index (χ2v) is 99.7. The van der Waals surface area contributed by atoms with Crippen molar-refractivity contribution in [2.45, 2.75) is 0 Å². The Morgan fingerprint density at radius 2 is 0.139 bits per heavy atom. The molecule has 0 amide bonds. The highest BCUT2D eigenvalue weighted by Gasteiger charge is 2.42. The van der Waals surface area contributed by atoms with E-state index in [1.54, 1.807) is 0 Å². The van der Waals surface area contributed by atoms with Crippen molar-refractivity contribution in [3.63, 3.8) is 0 Å². The monoisotopic (exact) mass is 2990 g/mol. The van der Waals surface area contributed by atoms with Gasteiger partial charge in [0.1, 0.15) is 0 Å². The van der Waals surface area contributed by atoms with Crippen molar-refractivity contribution in [1.82, 2.24) is 0 Å². The van der Waals surface area contributed by atoms with E-state index < -0.39 is 0 Å². The molecule has 0 nitrogen and oxygen atoms in total. The Morgan fingerprint density at radius 1 is 0.0876 bits per heavy atom. The first-order valence-electron chi connectivity index (χ1n) is 37.0. The molecule has 0 aliphatic carbocycles. The normalized spacial score (nSPS) is 22.0. The Hall–Kier alpha value is 16.2.